The monoisotopic (exact) mass is 425 g/mol. The number of aromatic nitrogens is 6. The number of carbonyl (C=O) groups is 2. The van der Waals surface area contributed by atoms with E-state index in [2.05, 4.69) is 30.8 Å². The summed E-state index contributed by atoms with van der Waals surface area (Å²) in [4.78, 5) is 27.9. The van der Waals surface area contributed by atoms with E-state index in [1.54, 1.807) is 25.3 Å². The molecular weight excluding hydrogens is 401 g/mol. The first-order valence-electron chi connectivity index (χ1n) is 10.0. The fraction of sp³-hybridized carbons (Fsp3) is 0.381. The standard InChI is InChI=1S/C21H24FN7O2/c1-3-19(30)18-13-29(28-26-18)12-15(22)4-5-16-6-7-20(27-25-16)24-21(31)11-17-10-14(2)8-9-23-17/h6-10,13,15H,3-5,11-12H2,1-2H3,(H,24,27,31)/t15-/m1/s1. The average molecular weight is 425 g/mol. The normalized spacial score (nSPS) is 11.8. The van der Waals surface area contributed by atoms with Crippen molar-refractivity contribution in [1.82, 2.24) is 30.2 Å². The van der Waals surface area contributed by atoms with Gasteiger partial charge in [0.25, 0.3) is 0 Å². The fourth-order valence-electron chi connectivity index (χ4n) is 2.90. The van der Waals surface area contributed by atoms with Crippen LogP contribution in [0.5, 0.6) is 0 Å². The molecule has 1 amide bonds. The molecule has 162 valence electrons. The van der Waals surface area contributed by atoms with Crippen LogP contribution in [0, 0.1) is 6.92 Å². The average Bonchev–Trinajstić information content (AvgIpc) is 3.21. The number of pyridine rings is 1. The number of amides is 1. The van der Waals surface area contributed by atoms with Crippen LogP contribution in [-0.4, -0.2) is 48.0 Å². The summed E-state index contributed by atoms with van der Waals surface area (Å²) < 4.78 is 15.6. The van der Waals surface area contributed by atoms with E-state index in [9.17, 15) is 14.0 Å². The first-order chi connectivity index (χ1) is 14.9. The SMILES string of the molecule is CCC(=O)c1cn(C[C@H](F)CCc2ccc(NC(=O)Cc3cc(C)ccn3)nn2)nn1. The molecule has 3 heterocycles. The second-order valence-electron chi connectivity index (χ2n) is 7.20. The molecule has 0 radical (unpaired) electrons. The number of halogens is 1. The Labute approximate surface area is 179 Å². The maximum absolute atomic E-state index is 14.3. The third-order valence-electron chi connectivity index (χ3n) is 4.55. The lowest BCUT2D eigenvalue weighted by Gasteiger charge is -2.08. The van der Waals surface area contributed by atoms with Crippen molar-refractivity contribution >= 4 is 17.5 Å². The molecule has 3 rings (SSSR count). The Kier molecular flexibility index (Phi) is 7.47. The van der Waals surface area contributed by atoms with Crippen LogP contribution < -0.4 is 5.32 Å². The summed E-state index contributed by atoms with van der Waals surface area (Å²) in [6, 6.07) is 7.05. The number of hydrogen-bond donors (Lipinski definition) is 1. The second-order valence-corrected chi connectivity index (χ2v) is 7.20. The third-order valence-corrected chi connectivity index (χ3v) is 4.55. The van der Waals surface area contributed by atoms with E-state index in [-0.39, 0.29) is 36.8 Å². The molecule has 0 saturated heterocycles. The fourth-order valence-corrected chi connectivity index (χ4v) is 2.90. The number of Topliss-reactive ketones (excluding diaryl/α,β-unsaturated/α-hetero) is 1. The highest BCUT2D eigenvalue weighted by molar-refractivity contribution is 5.93. The van der Waals surface area contributed by atoms with E-state index in [4.69, 9.17) is 0 Å². The molecule has 10 heteroatoms. The van der Waals surface area contributed by atoms with Crippen LogP contribution in [0.25, 0.3) is 0 Å². The smallest absolute Gasteiger partial charge is 0.231 e. The van der Waals surface area contributed by atoms with Crippen molar-refractivity contribution in [3.8, 4) is 0 Å². The molecule has 0 aliphatic rings. The molecule has 0 aliphatic carbocycles. The number of rotatable bonds is 10. The zero-order valence-corrected chi connectivity index (χ0v) is 17.5. The number of anilines is 1. The maximum Gasteiger partial charge on any atom is 0.231 e. The molecule has 1 N–H and O–H groups in total. The molecule has 3 aromatic rings. The Hall–Kier alpha value is -3.56. The first-order valence-corrected chi connectivity index (χ1v) is 10.0. The van der Waals surface area contributed by atoms with Crippen molar-refractivity contribution < 1.29 is 14.0 Å². The van der Waals surface area contributed by atoms with Crippen LogP contribution in [0.3, 0.4) is 0 Å². The number of aryl methyl sites for hydroxylation is 2. The highest BCUT2D eigenvalue weighted by atomic mass is 19.1. The van der Waals surface area contributed by atoms with Crippen molar-refractivity contribution in [2.24, 2.45) is 0 Å². The predicted octanol–water partition coefficient (Wildman–Crippen LogP) is 2.52. The van der Waals surface area contributed by atoms with E-state index >= 15 is 0 Å². The van der Waals surface area contributed by atoms with Crippen LogP contribution in [0.4, 0.5) is 10.2 Å². The summed E-state index contributed by atoms with van der Waals surface area (Å²) >= 11 is 0. The van der Waals surface area contributed by atoms with Crippen molar-refractivity contribution in [3.05, 3.63) is 59.3 Å². The van der Waals surface area contributed by atoms with E-state index in [0.29, 0.717) is 30.0 Å². The van der Waals surface area contributed by atoms with E-state index in [1.165, 1.54) is 10.9 Å². The molecule has 0 spiro atoms. The largest absolute Gasteiger partial charge is 0.309 e. The molecule has 0 unspecified atom stereocenters. The van der Waals surface area contributed by atoms with Crippen LogP contribution >= 0.6 is 0 Å². The van der Waals surface area contributed by atoms with Gasteiger partial charge < -0.3 is 5.32 Å². The van der Waals surface area contributed by atoms with Gasteiger partial charge in [-0.25, -0.2) is 9.07 Å². The summed E-state index contributed by atoms with van der Waals surface area (Å²) in [7, 11) is 0. The van der Waals surface area contributed by atoms with Crippen LogP contribution in [-0.2, 0) is 24.2 Å². The number of nitrogens with zero attached hydrogens (tertiary/aromatic N) is 6. The van der Waals surface area contributed by atoms with Gasteiger partial charge in [0, 0.05) is 18.3 Å². The minimum Gasteiger partial charge on any atom is -0.309 e. The van der Waals surface area contributed by atoms with Gasteiger partial charge in [0.15, 0.2) is 11.6 Å². The Morgan fingerprint density at radius 2 is 2.00 bits per heavy atom. The lowest BCUT2D eigenvalue weighted by Crippen LogP contribution is -2.17. The Balaban J connectivity index is 1.45. The molecule has 0 bridgehead atoms. The molecule has 3 aromatic heterocycles. The Morgan fingerprint density at radius 3 is 2.71 bits per heavy atom. The van der Waals surface area contributed by atoms with Gasteiger partial charge in [-0.05, 0) is 49.6 Å². The van der Waals surface area contributed by atoms with E-state index < -0.39 is 6.17 Å². The molecule has 0 fully saturated rings. The minimum atomic E-state index is -1.17. The molecule has 0 aromatic carbocycles. The summed E-state index contributed by atoms with van der Waals surface area (Å²) in [5.74, 6) is -0.0362. The molecule has 9 nitrogen and oxygen atoms in total. The van der Waals surface area contributed by atoms with Crippen molar-refractivity contribution in [3.63, 3.8) is 0 Å². The maximum atomic E-state index is 14.3. The zero-order valence-electron chi connectivity index (χ0n) is 17.5. The topological polar surface area (TPSA) is 116 Å². The highest BCUT2D eigenvalue weighted by Crippen LogP contribution is 2.10. The van der Waals surface area contributed by atoms with Gasteiger partial charge in [0.1, 0.15) is 11.9 Å². The van der Waals surface area contributed by atoms with Crippen LogP contribution in [0.1, 0.15) is 47.2 Å². The Bertz CT molecular complexity index is 1040. The summed E-state index contributed by atoms with van der Waals surface area (Å²) in [5.41, 5.74) is 2.57. The van der Waals surface area contributed by atoms with E-state index in [0.717, 1.165) is 5.56 Å². The summed E-state index contributed by atoms with van der Waals surface area (Å²) in [6.07, 6.45) is 3.02. The van der Waals surface area contributed by atoms with Gasteiger partial charge in [-0.1, -0.05) is 12.1 Å². The molecular formula is C21H24FN7O2. The first kappa shape index (κ1) is 22.1. The number of hydrogen-bond acceptors (Lipinski definition) is 7. The summed E-state index contributed by atoms with van der Waals surface area (Å²) in [6.45, 7) is 3.68. The van der Waals surface area contributed by atoms with Crippen molar-refractivity contribution in [2.75, 3.05) is 5.32 Å². The molecule has 0 saturated carbocycles. The third kappa shape index (κ3) is 6.73. The second kappa shape index (κ2) is 10.5. The zero-order chi connectivity index (χ0) is 22.2. The van der Waals surface area contributed by atoms with Gasteiger partial charge >= 0.3 is 0 Å². The van der Waals surface area contributed by atoms with Gasteiger partial charge in [-0.15, -0.1) is 10.2 Å². The quantitative estimate of drug-likeness (QED) is 0.496. The molecule has 0 aliphatic heterocycles. The van der Waals surface area contributed by atoms with E-state index in [1.807, 2.05) is 19.1 Å². The van der Waals surface area contributed by atoms with Gasteiger partial charge in [0.2, 0.25) is 5.91 Å². The molecule has 1 atom stereocenters. The van der Waals surface area contributed by atoms with Gasteiger partial charge in [-0.3, -0.25) is 14.6 Å². The number of alkyl halides is 1. The van der Waals surface area contributed by atoms with Crippen molar-refractivity contribution in [2.45, 2.75) is 52.2 Å². The van der Waals surface area contributed by atoms with Crippen LogP contribution in [0.2, 0.25) is 0 Å². The lowest BCUT2D eigenvalue weighted by atomic mass is 10.1. The minimum absolute atomic E-state index is 0.0125. The predicted molar refractivity (Wildman–Crippen MR) is 111 cm³/mol. The Morgan fingerprint density at radius 1 is 1.16 bits per heavy atom. The van der Waals surface area contributed by atoms with Gasteiger partial charge in [-0.2, -0.15) is 5.10 Å². The summed E-state index contributed by atoms with van der Waals surface area (Å²) in [5, 5.41) is 18.2. The lowest BCUT2D eigenvalue weighted by molar-refractivity contribution is -0.115. The number of ketones is 1. The molecule has 31 heavy (non-hydrogen) atoms. The number of nitrogens with one attached hydrogen (secondary N) is 1. The van der Waals surface area contributed by atoms with Gasteiger partial charge in [0.05, 0.1) is 24.9 Å². The number of carbonyl (C=O) groups excluding carboxylic acids is 2. The van der Waals surface area contributed by atoms with Crippen LogP contribution in [0.15, 0.2) is 36.7 Å². The van der Waals surface area contributed by atoms with Crippen molar-refractivity contribution in [1.29, 1.82) is 0 Å². The highest BCUT2D eigenvalue weighted by Gasteiger charge is 2.13.